The Labute approximate surface area is 99.0 Å². The molecule has 3 heteroatoms. The highest BCUT2D eigenvalue weighted by Gasteiger charge is 2.51. The molecule has 2 unspecified atom stereocenters. The maximum atomic E-state index is 5.97. The van der Waals surface area contributed by atoms with Gasteiger partial charge in [-0.1, -0.05) is 6.42 Å². The van der Waals surface area contributed by atoms with Gasteiger partial charge >= 0.3 is 0 Å². The van der Waals surface area contributed by atoms with Crippen molar-refractivity contribution in [1.82, 2.24) is 9.80 Å². The van der Waals surface area contributed by atoms with E-state index in [2.05, 4.69) is 16.7 Å². The van der Waals surface area contributed by atoms with Crippen LogP contribution in [0.3, 0.4) is 0 Å². The Kier molecular flexibility index (Phi) is 2.73. The molecule has 3 nitrogen and oxygen atoms in total. The SMILES string of the molecule is CC1CN2CCCCC2CN1C1(CN)CC1. The summed E-state index contributed by atoms with van der Waals surface area (Å²) in [6, 6.07) is 1.54. The van der Waals surface area contributed by atoms with E-state index in [4.69, 9.17) is 5.73 Å². The minimum Gasteiger partial charge on any atom is -0.329 e. The van der Waals surface area contributed by atoms with Crippen LogP contribution in [0.4, 0.5) is 0 Å². The molecule has 0 amide bonds. The molecule has 0 aromatic rings. The third-order valence-electron chi connectivity index (χ3n) is 5.00. The van der Waals surface area contributed by atoms with Crippen LogP contribution in [0.5, 0.6) is 0 Å². The average molecular weight is 223 g/mol. The van der Waals surface area contributed by atoms with E-state index in [1.54, 1.807) is 0 Å². The monoisotopic (exact) mass is 223 g/mol. The van der Waals surface area contributed by atoms with E-state index >= 15 is 0 Å². The summed E-state index contributed by atoms with van der Waals surface area (Å²) >= 11 is 0. The highest BCUT2D eigenvalue weighted by Crippen LogP contribution is 2.43. The molecule has 3 aliphatic rings. The molecule has 1 saturated carbocycles. The predicted molar refractivity (Wildman–Crippen MR) is 66.4 cm³/mol. The normalized spacial score (nSPS) is 39.4. The minimum absolute atomic E-state index is 0.406. The van der Waals surface area contributed by atoms with Gasteiger partial charge in [0.05, 0.1) is 0 Å². The number of hydrogen-bond acceptors (Lipinski definition) is 3. The van der Waals surface area contributed by atoms with Gasteiger partial charge in [-0.15, -0.1) is 0 Å². The second-order valence-electron chi connectivity index (χ2n) is 6.07. The number of rotatable bonds is 2. The van der Waals surface area contributed by atoms with E-state index in [-0.39, 0.29) is 0 Å². The summed E-state index contributed by atoms with van der Waals surface area (Å²) in [7, 11) is 0. The molecule has 16 heavy (non-hydrogen) atoms. The summed E-state index contributed by atoms with van der Waals surface area (Å²) in [6.07, 6.45) is 6.91. The van der Waals surface area contributed by atoms with Gasteiger partial charge in [0.15, 0.2) is 0 Å². The van der Waals surface area contributed by atoms with Crippen molar-refractivity contribution < 1.29 is 0 Å². The molecule has 0 aromatic heterocycles. The van der Waals surface area contributed by atoms with Gasteiger partial charge < -0.3 is 5.73 Å². The van der Waals surface area contributed by atoms with Crippen molar-refractivity contribution in [1.29, 1.82) is 0 Å². The van der Waals surface area contributed by atoms with Crippen molar-refractivity contribution >= 4 is 0 Å². The summed E-state index contributed by atoms with van der Waals surface area (Å²) < 4.78 is 0. The maximum Gasteiger partial charge on any atom is 0.0337 e. The summed E-state index contributed by atoms with van der Waals surface area (Å²) in [5.41, 5.74) is 6.38. The standard InChI is InChI=1S/C13H25N3/c1-11-8-15-7-3-2-4-12(15)9-16(11)13(10-14)5-6-13/h11-12H,2-10,14H2,1H3. The third kappa shape index (κ3) is 1.69. The lowest BCUT2D eigenvalue weighted by molar-refractivity contribution is -0.0133. The molecule has 92 valence electrons. The second-order valence-corrected chi connectivity index (χ2v) is 6.07. The molecule has 0 spiro atoms. The minimum atomic E-state index is 0.406. The Hall–Kier alpha value is -0.120. The molecule has 0 radical (unpaired) electrons. The van der Waals surface area contributed by atoms with Crippen molar-refractivity contribution in [2.45, 2.75) is 56.7 Å². The fourth-order valence-electron chi connectivity index (χ4n) is 3.77. The molecule has 1 aliphatic carbocycles. The third-order valence-corrected chi connectivity index (χ3v) is 5.00. The lowest BCUT2D eigenvalue weighted by atomic mass is 9.95. The fraction of sp³-hybridized carbons (Fsp3) is 1.00. The van der Waals surface area contributed by atoms with Crippen molar-refractivity contribution in [3.8, 4) is 0 Å². The van der Waals surface area contributed by atoms with E-state index < -0.39 is 0 Å². The lowest BCUT2D eigenvalue weighted by Crippen LogP contribution is -2.63. The van der Waals surface area contributed by atoms with Crippen LogP contribution < -0.4 is 5.73 Å². The molecule has 3 fully saturated rings. The Morgan fingerprint density at radius 3 is 2.75 bits per heavy atom. The quantitative estimate of drug-likeness (QED) is 0.759. The van der Waals surface area contributed by atoms with Gasteiger partial charge in [0.25, 0.3) is 0 Å². The van der Waals surface area contributed by atoms with Gasteiger partial charge in [-0.25, -0.2) is 0 Å². The number of nitrogens with zero attached hydrogens (tertiary/aromatic N) is 2. The number of fused-ring (bicyclic) bond motifs is 1. The van der Waals surface area contributed by atoms with Gasteiger partial charge in [-0.2, -0.15) is 0 Å². The van der Waals surface area contributed by atoms with Crippen LogP contribution in [0.2, 0.25) is 0 Å². The first kappa shape index (κ1) is 11.0. The van der Waals surface area contributed by atoms with Crippen molar-refractivity contribution in [3.05, 3.63) is 0 Å². The number of hydrogen-bond donors (Lipinski definition) is 1. The zero-order valence-corrected chi connectivity index (χ0v) is 10.5. The van der Waals surface area contributed by atoms with Crippen LogP contribution in [0, 0.1) is 0 Å². The summed E-state index contributed by atoms with van der Waals surface area (Å²) in [5.74, 6) is 0. The predicted octanol–water partition coefficient (Wildman–Crippen LogP) is 1.04. The Balaban J connectivity index is 1.71. The van der Waals surface area contributed by atoms with E-state index in [9.17, 15) is 0 Å². The van der Waals surface area contributed by atoms with Crippen molar-refractivity contribution in [3.63, 3.8) is 0 Å². The van der Waals surface area contributed by atoms with Gasteiger partial charge in [-0.05, 0) is 39.2 Å². The molecule has 3 rings (SSSR count). The van der Waals surface area contributed by atoms with Gasteiger partial charge in [0.1, 0.15) is 0 Å². The largest absolute Gasteiger partial charge is 0.329 e. The van der Waals surface area contributed by atoms with Crippen LogP contribution >= 0.6 is 0 Å². The molecule has 0 aromatic carbocycles. The molecule has 2 aliphatic heterocycles. The van der Waals surface area contributed by atoms with Gasteiger partial charge in [-0.3, -0.25) is 9.80 Å². The maximum absolute atomic E-state index is 5.97. The molecule has 0 bridgehead atoms. The van der Waals surface area contributed by atoms with Crippen LogP contribution in [0.15, 0.2) is 0 Å². The molecule has 2 heterocycles. The molecular weight excluding hydrogens is 198 g/mol. The second kappa shape index (κ2) is 3.97. The van der Waals surface area contributed by atoms with E-state index in [0.29, 0.717) is 11.6 Å². The molecule has 2 saturated heterocycles. The fourth-order valence-corrected chi connectivity index (χ4v) is 3.77. The van der Waals surface area contributed by atoms with Gasteiger partial charge in [0.2, 0.25) is 0 Å². The first-order chi connectivity index (χ1) is 7.75. The van der Waals surface area contributed by atoms with E-state index in [0.717, 1.165) is 12.6 Å². The number of nitrogens with two attached hydrogens (primary N) is 1. The lowest BCUT2D eigenvalue weighted by Gasteiger charge is -2.50. The van der Waals surface area contributed by atoms with Crippen molar-refractivity contribution in [2.75, 3.05) is 26.2 Å². The summed E-state index contributed by atoms with van der Waals surface area (Å²) in [6.45, 7) is 7.13. The molecule has 2 N–H and O–H groups in total. The van der Waals surface area contributed by atoms with Crippen molar-refractivity contribution in [2.24, 2.45) is 5.73 Å². The Bertz CT molecular complexity index is 262. The first-order valence-corrected chi connectivity index (χ1v) is 6.96. The number of piperidine rings is 1. The number of piperazine rings is 1. The zero-order valence-electron chi connectivity index (χ0n) is 10.5. The zero-order chi connectivity index (χ0) is 11.2. The molecule has 2 atom stereocenters. The average Bonchev–Trinajstić information content (AvgIpc) is 3.09. The first-order valence-electron chi connectivity index (χ1n) is 6.96. The van der Waals surface area contributed by atoms with Gasteiger partial charge in [0, 0.05) is 37.3 Å². The van der Waals surface area contributed by atoms with Crippen LogP contribution in [-0.2, 0) is 0 Å². The highest BCUT2D eigenvalue weighted by atomic mass is 15.4. The Morgan fingerprint density at radius 1 is 1.25 bits per heavy atom. The summed E-state index contributed by atoms with van der Waals surface area (Å²) in [4.78, 5) is 5.46. The Morgan fingerprint density at radius 2 is 2.06 bits per heavy atom. The van der Waals surface area contributed by atoms with E-state index in [1.165, 1.54) is 51.7 Å². The van der Waals surface area contributed by atoms with E-state index in [1.807, 2.05) is 0 Å². The smallest absolute Gasteiger partial charge is 0.0337 e. The summed E-state index contributed by atoms with van der Waals surface area (Å²) in [5, 5.41) is 0. The van der Waals surface area contributed by atoms with Crippen LogP contribution in [-0.4, -0.2) is 53.6 Å². The topological polar surface area (TPSA) is 32.5 Å². The highest BCUT2D eigenvalue weighted by molar-refractivity contribution is 5.08. The van der Waals surface area contributed by atoms with Crippen LogP contribution in [0.1, 0.15) is 39.0 Å². The van der Waals surface area contributed by atoms with Crippen LogP contribution in [0.25, 0.3) is 0 Å². The molecular formula is C13H25N3.